The molecule has 0 saturated carbocycles. The van der Waals surface area contributed by atoms with E-state index in [0.717, 1.165) is 21.8 Å². The predicted octanol–water partition coefficient (Wildman–Crippen LogP) is 3.35. The minimum absolute atomic E-state index is 0.494. The smallest absolute Gasteiger partial charge is 0.159 e. The van der Waals surface area contributed by atoms with Gasteiger partial charge in [-0.3, -0.25) is 0 Å². The molecular formula is C12H11BrF2N2. The number of hydrogen-bond acceptors (Lipinski definition) is 1. The van der Waals surface area contributed by atoms with E-state index in [1.807, 2.05) is 12.3 Å². The number of nitrogens with one attached hydrogen (secondary N) is 2. The number of aromatic nitrogens is 1. The van der Waals surface area contributed by atoms with Crippen molar-refractivity contribution in [1.29, 1.82) is 0 Å². The third-order valence-electron chi connectivity index (χ3n) is 2.34. The summed E-state index contributed by atoms with van der Waals surface area (Å²) in [6.45, 7) is 1.14. The van der Waals surface area contributed by atoms with Crippen molar-refractivity contribution in [2.24, 2.45) is 0 Å². The van der Waals surface area contributed by atoms with Crippen molar-refractivity contribution >= 4 is 15.9 Å². The zero-order chi connectivity index (χ0) is 12.3. The van der Waals surface area contributed by atoms with Crippen LogP contribution in [0.15, 0.2) is 34.9 Å². The van der Waals surface area contributed by atoms with Crippen LogP contribution in [0.5, 0.6) is 0 Å². The molecule has 1 heterocycles. The molecule has 2 rings (SSSR count). The van der Waals surface area contributed by atoms with Gasteiger partial charge in [0.15, 0.2) is 11.6 Å². The highest BCUT2D eigenvalue weighted by Gasteiger charge is 2.02. The van der Waals surface area contributed by atoms with E-state index in [0.29, 0.717) is 13.1 Å². The molecule has 0 atom stereocenters. The van der Waals surface area contributed by atoms with Crippen LogP contribution >= 0.6 is 15.9 Å². The van der Waals surface area contributed by atoms with Gasteiger partial charge in [-0.15, -0.1) is 0 Å². The Bertz CT molecular complexity index is 511. The zero-order valence-electron chi connectivity index (χ0n) is 8.93. The maximum atomic E-state index is 12.9. The van der Waals surface area contributed by atoms with Crippen molar-refractivity contribution in [2.45, 2.75) is 13.1 Å². The molecular weight excluding hydrogens is 290 g/mol. The fourth-order valence-corrected chi connectivity index (χ4v) is 1.90. The van der Waals surface area contributed by atoms with Crippen LogP contribution in [0.25, 0.3) is 0 Å². The average Bonchev–Trinajstić information content (AvgIpc) is 2.70. The van der Waals surface area contributed by atoms with Gasteiger partial charge >= 0.3 is 0 Å². The number of hydrogen-bond donors (Lipinski definition) is 2. The van der Waals surface area contributed by atoms with Crippen molar-refractivity contribution in [1.82, 2.24) is 10.3 Å². The van der Waals surface area contributed by atoms with E-state index in [9.17, 15) is 8.78 Å². The first-order valence-electron chi connectivity index (χ1n) is 5.12. The monoisotopic (exact) mass is 300 g/mol. The summed E-state index contributed by atoms with van der Waals surface area (Å²) in [5, 5.41) is 3.14. The molecule has 1 aromatic heterocycles. The Morgan fingerprint density at radius 2 is 1.94 bits per heavy atom. The SMILES string of the molecule is Fc1ccc(CNCc2cc(Br)c[nH]2)cc1F. The number of benzene rings is 1. The molecule has 0 aliphatic heterocycles. The lowest BCUT2D eigenvalue weighted by Gasteiger charge is -2.04. The van der Waals surface area contributed by atoms with Crippen molar-refractivity contribution in [3.05, 3.63) is 57.8 Å². The van der Waals surface area contributed by atoms with Gasteiger partial charge in [-0.25, -0.2) is 8.78 Å². The maximum absolute atomic E-state index is 12.9. The van der Waals surface area contributed by atoms with Crippen LogP contribution in [-0.2, 0) is 13.1 Å². The molecule has 0 aliphatic rings. The fourth-order valence-electron chi connectivity index (χ4n) is 1.50. The lowest BCUT2D eigenvalue weighted by molar-refractivity contribution is 0.506. The molecule has 2 N–H and O–H groups in total. The molecule has 5 heteroatoms. The van der Waals surface area contributed by atoms with E-state index in [2.05, 4.69) is 26.2 Å². The molecule has 0 aliphatic carbocycles. The molecule has 0 radical (unpaired) electrons. The van der Waals surface area contributed by atoms with Gasteiger partial charge in [0, 0.05) is 29.5 Å². The molecule has 90 valence electrons. The Morgan fingerprint density at radius 3 is 2.59 bits per heavy atom. The highest BCUT2D eigenvalue weighted by Crippen LogP contribution is 2.11. The van der Waals surface area contributed by atoms with Crippen LogP contribution in [0.2, 0.25) is 0 Å². The second-order valence-corrected chi connectivity index (χ2v) is 4.61. The van der Waals surface area contributed by atoms with Crippen molar-refractivity contribution in [3.8, 4) is 0 Å². The molecule has 17 heavy (non-hydrogen) atoms. The van der Waals surface area contributed by atoms with Gasteiger partial charge in [0.05, 0.1) is 0 Å². The topological polar surface area (TPSA) is 27.8 Å². The quantitative estimate of drug-likeness (QED) is 0.890. The Balaban J connectivity index is 1.87. The minimum Gasteiger partial charge on any atom is -0.363 e. The Labute approximate surface area is 106 Å². The van der Waals surface area contributed by atoms with Crippen LogP contribution < -0.4 is 5.32 Å². The molecule has 0 fully saturated rings. The highest BCUT2D eigenvalue weighted by molar-refractivity contribution is 9.10. The number of halogens is 3. The van der Waals surface area contributed by atoms with Gasteiger partial charge in [0.2, 0.25) is 0 Å². The lowest BCUT2D eigenvalue weighted by Crippen LogP contribution is -2.13. The van der Waals surface area contributed by atoms with Crippen LogP contribution in [0.3, 0.4) is 0 Å². The molecule has 0 saturated heterocycles. The maximum Gasteiger partial charge on any atom is 0.159 e. The first-order valence-corrected chi connectivity index (χ1v) is 5.92. The van der Waals surface area contributed by atoms with Gasteiger partial charge in [0.25, 0.3) is 0 Å². The van der Waals surface area contributed by atoms with Gasteiger partial charge in [-0.05, 0) is 39.7 Å². The Morgan fingerprint density at radius 1 is 1.12 bits per heavy atom. The summed E-state index contributed by atoms with van der Waals surface area (Å²) in [4.78, 5) is 3.07. The summed E-state index contributed by atoms with van der Waals surface area (Å²) < 4.78 is 26.6. The number of H-pyrrole nitrogens is 1. The van der Waals surface area contributed by atoms with Gasteiger partial charge in [0.1, 0.15) is 0 Å². The summed E-state index contributed by atoms with van der Waals surface area (Å²) in [6, 6.07) is 5.86. The van der Waals surface area contributed by atoms with Gasteiger partial charge in [-0.2, -0.15) is 0 Å². The molecule has 1 aromatic carbocycles. The largest absolute Gasteiger partial charge is 0.363 e. The molecule has 0 bridgehead atoms. The number of rotatable bonds is 4. The lowest BCUT2D eigenvalue weighted by atomic mass is 10.2. The van der Waals surface area contributed by atoms with Crippen molar-refractivity contribution in [2.75, 3.05) is 0 Å². The Kier molecular flexibility index (Phi) is 3.91. The van der Waals surface area contributed by atoms with E-state index in [1.165, 1.54) is 6.07 Å². The van der Waals surface area contributed by atoms with Crippen LogP contribution in [0.4, 0.5) is 8.78 Å². The normalized spacial score (nSPS) is 10.8. The molecule has 2 aromatic rings. The van der Waals surface area contributed by atoms with Gasteiger partial charge < -0.3 is 10.3 Å². The Hall–Kier alpha value is -1.20. The fraction of sp³-hybridized carbons (Fsp3) is 0.167. The first kappa shape index (κ1) is 12.3. The van der Waals surface area contributed by atoms with E-state index in [4.69, 9.17) is 0 Å². The summed E-state index contributed by atoms with van der Waals surface area (Å²) in [5.74, 6) is -1.63. The second-order valence-electron chi connectivity index (χ2n) is 3.70. The minimum atomic E-state index is -0.818. The molecule has 0 unspecified atom stereocenters. The van der Waals surface area contributed by atoms with E-state index in [1.54, 1.807) is 6.07 Å². The van der Waals surface area contributed by atoms with Crippen LogP contribution in [-0.4, -0.2) is 4.98 Å². The van der Waals surface area contributed by atoms with Crippen molar-refractivity contribution < 1.29 is 8.78 Å². The standard InChI is InChI=1S/C12H11BrF2N2/c13-9-4-10(17-6-9)7-16-5-8-1-2-11(14)12(15)3-8/h1-4,6,16-17H,5,7H2. The van der Waals surface area contributed by atoms with Crippen LogP contribution in [0.1, 0.15) is 11.3 Å². The predicted molar refractivity (Wildman–Crippen MR) is 65.4 cm³/mol. The summed E-state index contributed by atoms with van der Waals surface area (Å²) in [6.07, 6.45) is 1.84. The average molecular weight is 301 g/mol. The summed E-state index contributed by atoms with van der Waals surface area (Å²) in [7, 11) is 0. The third kappa shape index (κ3) is 3.38. The molecule has 2 nitrogen and oxygen atoms in total. The van der Waals surface area contributed by atoms with Gasteiger partial charge in [-0.1, -0.05) is 6.07 Å². The zero-order valence-corrected chi connectivity index (χ0v) is 10.5. The third-order valence-corrected chi connectivity index (χ3v) is 2.79. The summed E-state index contributed by atoms with van der Waals surface area (Å²) in [5.41, 5.74) is 1.74. The second kappa shape index (κ2) is 5.42. The number of aromatic amines is 1. The first-order chi connectivity index (χ1) is 8.15. The van der Waals surface area contributed by atoms with Crippen molar-refractivity contribution in [3.63, 3.8) is 0 Å². The molecule has 0 spiro atoms. The highest BCUT2D eigenvalue weighted by atomic mass is 79.9. The van der Waals surface area contributed by atoms with E-state index >= 15 is 0 Å². The van der Waals surface area contributed by atoms with Crippen LogP contribution in [0, 0.1) is 11.6 Å². The van der Waals surface area contributed by atoms with E-state index < -0.39 is 11.6 Å². The van der Waals surface area contributed by atoms with E-state index in [-0.39, 0.29) is 0 Å². The molecule has 0 amide bonds. The summed E-state index contributed by atoms with van der Waals surface area (Å²) >= 11 is 3.34.